The first-order valence-electron chi connectivity index (χ1n) is 6.13. The molecule has 0 radical (unpaired) electrons. The van der Waals surface area contributed by atoms with Gasteiger partial charge in [-0.3, -0.25) is 4.79 Å². The van der Waals surface area contributed by atoms with E-state index in [0.29, 0.717) is 12.3 Å². The Labute approximate surface area is 108 Å². The number of thioether (sulfide) groups is 1. The number of benzene rings is 1. The Bertz CT molecular complexity index is 324. The Morgan fingerprint density at radius 3 is 2.65 bits per heavy atom. The van der Waals surface area contributed by atoms with Crippen LogP contribution >= 0.6 is 11.8 Å². The molecule has 1 aromatic rings. The van der Waals surface area contributed by atoms with Crippen LogP contribution in [0.1, 0.15) is 26.7 Å². The molecule has 0 saturated heterocycles. The van der Waals surface area contributed by atoms with E-state index in [2.05, 4.69) is 31.3 Å². The van der Waals surface area contributed by atoms with Crippen LogP contribution in [-0.2, 0) is 4.79 Å². The summed E-state index contributed by atoms with van der Waals surface area (Å²) >= 11 is 1.73. The van der Waals surface area contributed by atoms with Gasteiger partial charge >= 0.3 is 0 Å². The fourth-order valence-corrected chi connectivity index (χ4v) is 2.24. The molecule has 0 unspecified atom stereocenters. The van der Waals surface area contributed by atoms with Crippen LogP contribution in [0.5, 0.6) is 0 Å². The van der Waals surface area contributed by atoms with E-state index in [1.807, 2.05) is 18.2 Å². The summed E-state index contributed by atoms with van der Waals surface area (Å²) in [5, 5.41) is 2.95. The molecular weight excluding hydrogens is 230 g/mol. The molecule has 1 N–H and O–H groups in total. The van der Waals surface area contributed by atoms with Crippen LogP contribution in [0.25, 0.3) is 0 Å². The highest BCUT2D eigenvalue weighted by Gasteiger charge is 2.02. The van der Waals surface area contributed by atoms with Gasteiger partial charge in [-0.2, -0.15) is 0 Å². The number of rotatable bonds is 7. The van der Waals surface area contributed by atoms with Crippen LogP contribution in [0.2, 0.25) is 0 Å². The topological polar surface area (TPSA) is 29.1 Å². The second-order valence-corrected chi connectivity index (χ2v) is 5.61. The average Bonchev–Trinajstić information content (AvgIpc) is 2.30. The van der Waals surface area contributed by atoms with Gasteiger partial charge in [0.15, 0.2) is 0 Å². The summed E-state index contributed by atoms with van der Waals surface area (Å²) in [6.07, 6.45) is 1.65. The first kappa shape index (κ1) is 14.1. The average molecular weight is 251 g/mol. The molecular formula is C14H21NOS. The molecule has 0 aliphatic heterocycles. The van der Waals surface area contributed by atoms with Crippen molar-refractivity contribution in [1.82, 2.24) is 5.32 Å². The van der Waals surface area contributed by atoms with Crippen molar-refractivity contribution in [2.75, 3.05) is 12.3 Å². The van der Waals surface area contributed by atoms with Gasteiger partial charge in [-0.1, -0.05) is 32.0 Å². The third-order valence-corrected chi connectivity index (χ3v) is 3.40. The van der Waals surface area contributed by atoms with Crippen molar-refractivity contribution in [2.45, 2.75) is 31.6 Å². The first-order valence-corrected chi connectivity index (χ1v) is 7.11. The minimum atomic E-state index is 0.161. The van der Waals surface area contributed by atoms with Gasteiger partial charge in [0.05, 0.1) is 0 Å². The summed E-state index contributed by atoms with van der Waals surface area (Å²) in [5.41, 5.74) is 0. The standard InChI is InChI=1S/C14H21NOS/c1-12(2)8-10-15-14(16)9-11-17-13-6-4-3-5-7-13/h3-7,12H,8-11H2,1-2H3,(H,15,16). The van der Waals surface area contributed by atoms with E-state index in [4.69, 9.17) is 0 Å². The number of carbonyl (C=O) groups excluding carboxylic acids is 1. The van der Waals surface area contributed by atoms with Crippen LogP contribution in [0.15, 0.2) is 35.2 Å². The van der Waals surface area contributed by atoms with Gasteiger partial charge in [0.1, 0.15) is 0 Å². The summed E-state index contributed by atoms with van der Waals surface area (Å²) < 4.78 is 0. The maximum absolute atomic E-state index is 11.5. The van der Waals surface area contributed by atoms with Gasteiger partial charge in [-0.05, 0) is 24.5 Å². The zero-order valence-corrected chi connectivity index (χ0v) is 11.4. The SMILES string of the molecule is CC(C)CCNC(=O)CCSc1ccccc1. The first-order chi connectivity index (χ1) is 8.18. The number of hydrogen-bond acceptors (Lipinski definition) is 2. The van der Waals surface area contributed by atoms with E-state index in [1.165, 1.54) is 4.90 Å². The molecule has 0 atom stereocenters. The number of hydrogen-bond donors (Lipinski definition) is 1. The Hall–Kier alpha value is -0.960. The van der Waals surface area contributed by atoms with Gasteiger partial charge in [0.2, 0.25) is 5.91 Å². The van der Waals surface area contributed by atoms with E-state index in [-0.39, 0.29) is 5.91 Å². The van der Waals surface area contributed by atoms with E-state index in [1.54, 1.807) is 11.8 Å². The number of nitrogens with one attached hydrogen (secondary N) is 1. The second-order valence-electron chi connectivity index (χ2n) is 4.44. The van der Waals surface area contributed by atoms with Crippen molar-refractivity contribution in [3.05, 3.63) is 30.3 Å². The summed E-state index contributed by atoms with van der Waals surface area (Å²) in [5.74, 6) is 1.65. The van der Waals surface area contributed by atoms with Gasteiger partial charge in [-0.15, -0.1) is 11.8 Å². The van der Waals surface area contributed by atoms with E-state index in [0.717, 1.165) is 18.7 Å². The molecule has 2 nitrogen and oxygen atoms in total. The molecule has 3 heteroatoms. The van der Waals surface area contributed by atoms with E-state index in [9.17, 15) is 4.79 Å². The zero-order chi connectivity index (χ0) is 12.5. The zero-order valence-electron chi connectivity index (χ0n) is 10.6. The maximum Gasteiger partial charge on any atom is 0.220 e. The van der Waals surface area contributed by atoms with Crippen molar-refractivity contribution in [3.8, 4) is 0 Å². The minimum Gasteiger partial charge on any atom is -0.356 e. The Kier molecular flexibility index (Phi) is 6.78. The quantitative estimate of drug-likeness (QED) is 0.753. The highest BCUT2D eigenvalue weighted by molar-refractivity contribution is 7.99. The summed E-state index contributed by atoms with van der Waals surface area (Å²) in [4.78, 5) is 12.7. The van der Waals surface area contributed by atoms with Crippen molar-refractivity contribution in [2.24, 2.45) is 5.92 Å². The van der Waals surface area contributed by atoms with E-state index >= 15 is 0 Å². The summed E-state index contributed by atoms with van der Waals surface area (Å²) in [6.45, 7) is 5.13. The van der Waals surface area contributed by atoms with Gasteiger partial charge in [-0.25, -0.2) is 0 Å². The van der Waals surface area contributed by atoms with Crippen molar-refractivity contribution in [3.63, 3.8) is 0 Å². The lowest BCUT2D eigenvalue weighted by molar-refractivity contribution is -0.120. The van der Waals surface area contributed by atoms with Crippen LogP contribution in [0, 0.1) is 5.92 Å². The lowest BCUT2D eigenvalue weighted by Crippen LogP contribution is -2.25. The Morgan fingerprint density at radius 2 is 2.00 bits per heavy atom. The smallest absolute Gasteiger partial charge is 0.220 e. The number of amides is 1. The van der Waals surface area contributed by atoms with E-state index < -0.39 is 0 Å². The van der Waals surface area contributed by atoms with Gasteiger partial charge in [0.25, 0.3) is 0 Å². The van der Waals surface area contributed by atoms with Gasteiger partial charge < -0.3 is 5.32 Å². The molecule has 0 heterocycles. The molecule has 0 aliphatic carbocycles. The van der Waals surface area contributed by atoms with Crippen molar-refractivity contribution in [1.29, 1.82) is 0 Å². The number of carbonyl (C=O) groups is 1. The van der Waals surface area contributed by atoms with Crippen molar-refractivity contribution >= 4 is 17.7 Å². The summed E-state index contributed by atoms with van der Waals surface area (Å²) in [6, 6.07) is 10.2. The van der Waals surface area contributed by atoms with Crippen LogP contribution in [0.3, 0.4) is 0 Å². The minimum absolute atomic E-state index is 0.161. The predicted molar refractivity (Wildman–Crippen MR) is 74.2 cm³/mol. The highest BCUT2D eigenvalue weighted by Crippen LogP contribution is 2.17. The fourth-order valence-electron chi connectivity index (χ4n) is 1.37. The molecule has 1 amide bonds. The normalized spacial score (nSPS) is 10.5. The van der Waals surface area contributed by atoms with Gasteiger partial charge in [0, 0.05) is 23.6 Å². The third-order valence-electron chi connectivity index (χ3n) is 2.38. The van der Waals surface area contributed by atoms with Crippen LogP contribution in [-0.4, -0.2) is 18.2 Å². The predicted octanol–water partition coefficient (Wildman–Crippen LogP) is 3.33. The fraction of sp³-hybridized carbons (Fsp3) is 0.500. The molecule has 0 spiro atoms. The largest absolute Gasteiger partial charge is 0.356 e. The third kappa shape index (κ3) is 7.05. The monoisotopic (exact) mass is 251 g/mol. The molecule has 0 aromatic heterocycles. The molecule has 0 aliphatic rings. The molecule has 94 valence electrons. The van der Waals surface area contributed by atoms with Crippen molar-refractivity contribution < 1.29 is 4.79 Å². The lowest BCUT2D eigenvalue weighted by atomic mass is 10.1. The highest BCUT2D eigenvalue weighted by atomic mass is 32.2. The lowest BCUT2D eigenvalue weighted by Gasteiger charge is -2.07. The molecule has 0 fully saturated rings. The van der Waals surface area contributed by atoms with Crippen LogP contribution < -0.4 is 5.32 Å². The maximum atomic E-state index is 11.5. The Morgan fingerprint density at radius 1 is 1.29 bits per heavy atom. The Balaban J connectivity index is 2.08. The molecule has 1 aromatic carbocycles. The summed E-state index contributed by atoms with van der Waals surface area (Å²) in [7, 11) is 0. The molecule has 17 heavy (non-hydrogen) atoms. The molecule has 0 bridgehead atoms. The molecule has 0 saturated carbocycles. The van der Waals surface area contributed by atoms with Crippen LogP contribution in [0.4, 0.5) is 0 Å². The molecule has 1 rings (SSSR count). The second kappa shape index (κ2) is 8.18.